The summed E-state index contributed by atoms with van der Waals surface area (Å²) in [7, 11) is -4.26. The van der Waals surface area contributed by atoms with Crippen molar-refractivity contribution in [3.63, 3.8) is 0 Å². The number of anilines is 1. The molecule has 0 radical (unpaired) electrons. The summed E-state index contributed by atoms with van der Waals surface area (Å²) in [5.41, 5.74) is 5.13. The maximum absolute atomic E-state index is 12.0. The minimum Gasteiger partial charge on any atom is -0.324 e. The maximum atomic E-state index is 12.0. The molecule has 0 aromatic heterocycles. The summed E-state index contributed by atoms with van der Waals surface area (Å²) in [4.78, 5) is 11.4. The van der Waals surface area contributed by atoms with Gasteiger partial charge in [0.2, 0.25) is 15.9 Å². The van der Waals surface area contributed by atoms with Gasteiger partial charge in [-0.05, 0) is 37.1 Å². The van der Waals surface area contributed by atoms with Crippen molar-refractivity contribution in [2.75, 3.05) is 11.9 Å². The molecule has 0 heterocycles. The zero-order chi connectivity index (χ0) is 16.6. The first-order valence-electron chi connectivity index (χ1n) is 6.29. The summed E-state index contributed by atoms with van der Waals surface area (Å²) in [6, 6.07) is 4.77. The molecule has 0 spiro atoms. The fraction of sp³-hybridized carbons (Fsp3) is 0.417. The Hall–Kier alpha value is -1.65. The molecule has 0 saturated heterocycles. The second-order valence-corrected chi connectivity index (χ2v) is 6.84. The average molecular weight is 337 g/mol. The molecule has 1 fully saturated rings. The number of carbonyl (C=O) groups excluding carboxylic acids is 1. The number of halogens is 3. The third-order valence-corrected chi connectivity index (χ3v) is 4.54. The van der Waals surface area contributed by atoms with E-state index in [4.69, 9.17) is 5.73 Å². The van der Waals surface area contributed by atoms with Gasteiger partial charge in [-0.25, -0.2) is 13.1 Å². The van der Waals surface area contributed by atoms with Crippen molar-refractivity contribution in [1.29, 1.82) is 0 Å². The van der Waals surface area contributed by atoms with Gasteiger partial charge >= 0.3 is 6.18 Å². The second-order valence-electron chi connectivity index (χ2n) is 5.07. The highest BCUT2D eigenvalue weighted by Gasteiger charge is 2.45. The third kappa shape index (κ3) is 4.18. The van der Waals surface area contributed by atoms with Gasteiger partial charge < -0.3 is 11.1 Å². The van der Waals surface area contributed by atoms with E-state index < -0.39 is 28.3 Å². The lowest BCUT2D eigenvalue weighted by molar-refractivity contribution is -0.121. The highest BCUT2D eigenvalue weighted by molar-refractivity contribution is 7.89. The van der Waals surface area contributed by atoms with Crippen LogP contribution in [0, 0.1) is 0 Å². The lowest BCUT2D eigenvalue weighted by Crippen LogP contribution is -2.37. The van der Waals surface area contributed by atoms with E-state index in [1.54, 1.807) is 0 Å². The van der Waals surface area contributed by atoms with E-state index in [2.05, 4.69) is 5.32 Å². The Bertz CT molecular complexity index is 667. The van der Waals surface area contributed by atoms with Gasteiger partial charge in [0.1, 0.15) is 6.54 Å². The molecule has 122 valence electrons. The van der Waals surface area contributed by atoms with Crippen LogP contribution in [0.2, 0.25) is 0 Å². The molecular formula is C12H14F3N3O3S. The van der Waals surface area contributed by atoms with Crippen molar-refractivity contribution < 1.29 is 26.4 Å². The van der Waals surface area contributed by atoms with Crippen molar-refractivity contribution in [1.82, 2.24) is 4.72 Å². The normalized spacial score (nSPS) is 17.1. The van der Waals surface area contributed by atoms with Crippen LogP contribution in [0.1, 0.15) is 12.8 Å². The van der Waals surface area contributed by atoms with Crippen LogP contribution in [-0.2, 0) is 14.8 Å². The SMILES string of the molecule is NC1(C(=O)Nc2ccc(S(=O)(=O)NCC(F)(F)F)cc2)CC1. The van der Waals surface area contributed by atoms with Crippen molar-refractivity contribution in [3.8, 4) is 0 Å². The topological polar surface area (TPSA) is 101 Å². The standard InChI is InChI=1S/C12H14F3N3O3S/c13-12(14,15)7-17-22(20,21)9-3-1-8(2-4-9)18-10(19)11(16)5-6-11/h1-4,17H,5-7,16H2,(H,18,19). The van der Waals surface area contributed by atoms with Gasteiger partial charge in [0, 0.05) is 5.69 Å². The summed E-state index contributed by atoms with van der Waals surface area (Å²) in [5, 5.41) is 2.52. The number of amides is 1. The van der Waals surface area contributed by atoms with E-state index >= 15 is 0 Å². The number of rotatable bonds is 5. The largest absolute Gasteiger partial charge is 0.402 e. The minimum atomic E-state index is -4.64. The Balaban J connectivity index is 2.03. The molecule has 1 saturated carbocycles. The minimum absolute atomic E-state index is 0.316. The first-order valence-corrected chi connectivity index (χ1v) is 7.77. The zero-order valence-electron chi connectivity index (χ0n) is 11.3. The predicted octanol–water partition coefficient (Wildman–Crippen LogP) is 0.957. The molecule has 22 heavy (non-hydrogen) atoms. The maximum Gasteiger partial charge on any atom is 0.402 e. The molecule has 6 nitrogen and oxygen atoms in total. The number of hydrogen-bond acceptors (Lipinski definition) is 4. The number of nitrogens with one attached hydrogen (secondary N) is 2. The van der Waals surface area contributed by atoms with Gasteiger partial charge in [0.15, 0.2) is 0 Å². The average Bonchev–Trinajstić information content (AvgIpc) is 3.16. The van der Waals surface area contributed by atoms with Crippen LogP contribution in [0.5, 0.6) is 0 Å². The van der Waals surface area contributed by atoms with E-state index in [0.717, 1.165) is 12.1 Å². The van der Waals surface area contributed by atoms with Gasteiger partial charge in [-0.2, -0.15) is 13.2 Å². The van der Waals surface area contributed by atoms with Crippen molar-refractivity contribution in [2.45, 2.75) is 29.5 Å². The van der Waals surface area contributed by atoms with Crippen molar-refractivity contribution in [2.24, 2.45) is 5.73 Å². The molecule has 0 unspecified atom stereocenters. The molecule has 1 aromatic rings. The van der Waals surface area contributed by atoms with Crippen molar-refractivity contribution in [3.05, 3.63) is 24.3 Å². The molecular weight excluding hydrogens is 323 g/mol. The summed E-state index contributed by atoms with van der Waals surface area (Å²) in [5.74, 6) is -0.377. The molecule has 0 aliphatic heterocycles. The first-order chi connectivity index (χ1) is 10.0. The lowest BCUT2D eigenvalue weighted by atomic mass is 10.2. The molecule has 10 heteroatoms. The van der Waals surface area contributed by atoms with Gasteiger partial charge in [0.05, 0.1) is 10.4 Å². The van der Waals surface area contributed by atoms with E-state index in [-0.39, 0.29) is 10.8 Å². The smallest absolute Gasteiger partial charge is 0.324 e. The summed E-state index contributed by atoms with van der Waals surface area (Å²) >= 11 is 0. The lowest BCUT2D eigenvalue weighted by Gasteiger charge is -2.11. The highest BCUT2D eigenvalue weighted by atomic mass is 32.2. The quantitative estimate of drug-likeness (QED) is 0.745. The van der Waals surface area contributed by atoms with Crippen molar-refractivity contribution >= 4 is 21.6 Å². The summed E-state index contributed by atoms with van der Waals surface area (Å²) < 4.78 is 60.9. The highest BCUT2D eigenvalue weighted by Crippen LogP contribution is 2.33. The van der Waals surface area contributed by atoms with Crippen LogP contribution >= 0.6 is 0 Å². The Kier molecular flexibility index (Phi) is 4.20. The van der Waals surface area contributed by atoms with E-state index in [1.807, 2.05) is 0 Å². The molecule has 2 rings (SSSR count). The Labute approximate surface area is 124 Å². The van der Waals surface area contributed by atoms with E-state index in [9.17, 15) is 26.4 Å². The van der Waals surface area contributed by atoms with Crippen LogP contribution in [0.3, 0.4) is 0 Å². The molecule has 1 aliphatic carbocycles. The fourth-order valence-electron chi connectivity index (χ4n) is 1.59. The van der Waals surface area contributed by atoms with E-state index in [0.29, 0.717) is 18.5 Å². The molecule has 1 aromatic carbocycles. The summed E-state index contributed by atoms with van der Waals surface area (Å²) in [6.07, 6.45) is -3.49. The molecule has 1 amide bonds. The van der Waals surface area contributed by atoms with Gasteiger partial charge in [-0.1, -0.05) is 0 Å². The van der Waals surface area contributed by atoms with Gasteiger partial charge in [-0.15, -0.1) is 0 Å². The number of carbonyl (C=O) groups is 1. The molecule has 0 bridgehead atoms. The van der Waals surface area contributed by atoms with Gasteiger partial charge in [-0.3, -0.25) is 4.79 Å². The molecule has 4 N–H and O–H groups in total. The number of hydrogen-bond donors (Lipinski definition) is 3. The van der Waals surface area contributed by atoms with Crippen LogP contribution < -0.4 is 15.8 Å². The number of alkyl halides is 3. The molecule has 0 atom stereocenters. The molecule has 1 aliphatic rings. The number of sulfonamides is 1. The van der Waals surface area contributed by atoms with Gasteiger partial charge in [0.25, 0.3) is 0 Å². The van der Waals surface area contributed by atoms with Crippen LogP contribution in [0.15, 0.2) is 29.2 Å². The zero-order valence-corrected chi connectivity index (χ0v) is 12.1. The fourth-order valence-corrected chi connectivity index (χ4v) is 2.61. The number of benzene rings is 1. The van der Waals surface area contributed by atoms with Crippen LogP contribution in [-0.4, -0.2) is 32.6 Å². The first kappa shape index (κ1) is 16.7. The third-order valence-electron chi connectivity index (χ3n) is 3.13. The Morgan fingerprint density at radius 3 is 2.23 bits per heavy atom. The Morgan fingerprint density at radius 1 is 1.23 bits per heavy atom. The predicted molar refractivity (Wildman–Crippen MR) is 72.5 cm³/mol. The summed E-state index contributed by atoms with van der Waals surface area (Å²) in [6.45, 7) is -1.65. The monoisotopic (exact) mass is 337 g/mol. The Morgan fingerprint density at radius 2 is 1.77 bits per heavy atom. The number of nitrogens with two attached hydrogens (primary N) is 1. The van der Waals surface area contributed by atoms with Crippen LogP contribution in [0.25, 0.3) is 0 Å². The van der Waals surface area contributed by atoms with Crippen LogP contribution in [0.4, 0.5) is 18.9 Å². The second kappa shape index (κ2) is 5.52. The van der Waals surface area contributed by atoms with E-state index in [1.165, 1.54) is 16.9 Å².